The van der Waals surface area contributed by atoms with Crippen LogP contribution in [0.25, 0.3) is 11.1 Å². The second-order valence-electron chi connectivity index (χ2n) is 9.71. The van der Waals surface area contributed by atoms with E-state index < -0.39 is 6.17 Å². The van der Waals surface area contributed by atoms with Crippen molar-refractivity contribution >= 4 is 17.6 Å². The molecule has 39 heavy (non-hydrogen) atoms. The van der Waals surface area contributed by atoms with Crippen LogP contribution in [0, 0.1) is 17.1 Å². The van der Waals surface area contributed by atoms with E-state index >= 15 is 4.39 Å². The number of hydrogen-bond acceptors (Lipinski definition) is 8. The van der Waals surface area contributed by atoms with Crippen molar-refractivity contribution in [2.24, 2.45) is 4.99 Å². The van der Waals surface area contributed by atoms with E-state index in [9.17, 15) is 5.26 Å². The molecule has 200 valence electrons. The molecule has 0 amide bonds. The molecule has 0 N–H and O–H groups in total. The normalized spacial score (nSPS) is 18.9. The highest BCUT2D eigenvalue weighted by atomic mass is 19.1. The predicted octanol–water partition coefficient (Wildman–Crippen LogP) is 4.64. The number of hydrogen-bond donors (Lipinski definition) is 0. The van der Waals surface area contributed by atoms with Gasteiger partial charge < -0.3 is 24.2 Å². The molecule has 1 saturated heterocycles. The fraction of sp³-hybridized carbons (Fsp3) is 0.300. The minimum Gasteiger partial charge on any atom is -0.496 e. The number of anilines is 2. The summed E-state index contributed by atoms with van der Waals surface area (Å²) in [7, 11) is 5.59. The number of morpholine rings is 1. The number of nitrogens with zero attached hydrogens (tertiary/aromatic N) is 6. The van der Waals surface area contributed by atoms with Gasteiger partial charge in [-0.1, -0.05) is 12.1 Å². The minimum atomic E-state index is -0.664. The molecule has 8 nitrogen and oxygen atoms in total. The first kappa shape index (κ1) is 26.4. The SMILES string of the molecule is COc1cccc(F)c1[C@@H]1N=CC=CN1c1ccc(-c2cnccc2C#N)cc1N1CCOC(CN(C)C)C1. The lowest BCUT2D eigenvalue weighted by atomic mass is 10.00. The zero-order chi connectivity index (χ0) is 27.4. The Labute approximate surface area is 228 Å². The lowest BCUT2D eigenvalue weighted by Gasteiger charge is -2.39. The highest BCUT2D eigenvalue weighted by Crippen LogP contribution is 2.42. The molecule has 2 atom stereocenters. The van der Waals surface area contributed by atoms with E-state index in [1.54, 1.807) is 36.8 Å². The minimum absolute atomic E-state index is 0.0238. The van der Waals surface area contributed by atoms with Crippen molar-refractivity contribution in [3.05, 3.63) is 84.1 Å². The molecule has 1 unspecified atom stereocenters. The number of allylic oxidation sites excluding steroid dienone is 1. The Hall–Kier alpha value is -4.26. The smallest absolute Gasteiger partial charge is 0.157 e. The van der Waals surface area contributed by atoms with Crippen LogP contribution in [-0.2, 0) is 4.74 Å². The van der Waals surface area contributed by atoms with Gasteiger partial charge in [0, 0.05) is 50.0 Å². The summed E-state index contributed by atoms with van der Waals surface area (Å²) in [5.74, 6) is 0.0449. The van der Waals surface area contributed by atoms with Crippen molar-refractivity contribution < 1.29 is 13.9 Å². The molecule has 2 aliphatic heterocycles. The summed E-state index contributed by atoms with van der Waals surface area (Å²) in [6, 6.07) is 14.8. The first-order valence-electron chi connectivity index (χ1n) is 12.8. The number of rotatable bonds is 7. The lowest BCUT2D eigenvalue weighted by molar-refractivity contribution is 0.0248. The fourth-order valence-electron chi connectivity index (χ4n) is 5.13. The van der Waals surface area contributed by atoms with Gasteiger partial charge in [-0.3, -0.25) is 9.98 Å². The van der Waals surface area contributed by atoms with E-state index in [0.29, 0.717) is 36.6 Å². The molecular formula is C30H31FN6O2. The third-order valence-electron chi connectivity index (χ3n) is 6.87. The maximum absolute atomic E-state index is 15.2. The quantitative estimate of drug-likeness (QED) is 0.444. The Kier molecular flexibility index (Phi) is 7.87. The van der Waals surface area contributed by atoms with Crippen LogP contribution in [0.5, 0.6) is 5.75 Å². The number of benzene rings is 2. The standard InChI is InChI=1S/C30H31FN6O2/c1-35(2)19-23-20-36(14-15-39-23)27-16-21(24-18-33-12-10-22(24)17-32)8-9-26(27)37-13-5-11-34-30(37)29-25(31)6-4-7-28(29)38-3/h4-13,16,18,23,30H,14-15,19-20H2,1-3H3/t23?,30-/m1/s1. The summed E-state index contributed by atoms with van der Waals surface area (Å²) in [6.07, 6.45) is 8.11. The van der Waals surface area contributed by atoms with Gasteiger partial charge in [-0.05, 0) is 56.1 Å². The van der Waals surface area contributed by atoms with Crippen molar-refractivity contribution in [1.82, 2.24) is 9.88 Å². The van der Waals surface area contributed by atoms with Gasteiger partial charge in [0.1, 0.15) is 11.6 Å². The molecule has 1 fully saturated rings. The highest BCUT2D eigenvalue weighted by Gasteiger charge is 2.31. The van der Waals surface area contributed by atoms with Gasteiger partial charge in [0.05, 0.1) is 48.4 Å². The molecule has 1 aromatic heterocycles. The topological polar surface area (TPSA) is 77.2 Å². The number of aromatic nitrogens is 1. The second kappa shape index (κ2) is 11.6. The molecule has 0 radical (unpaired) electrons. The van der Waals surface area contributed by atoms with Crippen molar-refractivity contribution in [2.45, 2.75) is 12.3 Å². The van der Waals surface area contributed by atoms with Crippen LogP contribution in [0.15, 0.2) is 72.1 Å². The van der Waals surface area contributed by atoms with Crippen LogP contribution in [0.4, 0.5) is 15.8 Å². The van der Waals surface area contributed by atoms with Gasteiger partial charge in [-0.2, -0.15) is 5.26 Å². The number of nitriles is 1. The zero-order valence-electron chi connectivity index (χ0n) is 22.3. The molecule has 0 bridgehead atoms. The molecule has 5 rings (SSSR count). The van der Waals surface area contributed by atoms with Crippen LogP contribution in [0.2, 0.25) is 0 Å². The summed E-state index contributed by atoms with van der Waals surface area (Å²) in [5.41, 5.74) is 4.34. The molecule has 2 aliphatic rings. The van der Waals surface area contributed by atoms with E-state index in [4.69, 9.17) is 9.47 Å². The van der Waals surface area contributed by atoms with E-state index in [2.05, 4.69) is 31.9 Å². The van der Waals surface area contributed by atoms with Crippen molar-refractivity contribution in [3.63, 3.8) is 0 Å². The fourth-order valence-corrected chi connectivity index (χ4v) is 5.13. The van der Waals surface area contributed by atoms with Crippen molar-refractivity contribution in [3.8, 4) is 22.9 Å². The molecule has 3 aromatic rings. The number of aliphatic imine (C=N–C) groups is 1. The predicted molar refractivity (Wildman–Crippen MR) is 151 cm³/mol. The van der Waals surface area contributed by atoms with Crippen LogP contribution in [0.3, 0.4) is 0 Å². The number of halogens is 1. The van der Waals surface area contributed by atoms with Crippen LogP contribution in [0.1, 0.15) is 17.3 Å². The van der Waals surface area contributed by atoms with Crippen LogP contribution in [-0.4, -0.2) is 69.6 Å². The first-order chi connectivity index (χ1) is 19.0. The maximum atomic E-state index is 15.2. The number of methoxy groups -OCH3 is 1. The Morgan fingerprint density at radius 1 is 1.21 bits per heavy atom. The molecule has 9 heteroatoms. The Morgan fingerprint density at radius 2 is 2.08 bits per heavy atom. The second-order valence-corrected chi connectivity index (χ2v) is 9.71. The Bertz CT molecular complexity index is 1430. The van der Waals surface area contributed by atoms with E-state index in [1.807, 2.05) is 43.4 Å². The maximum Gasteiger partial charge on any atom is 0.157 e. The van der Waals surface area contributed by atoms with Crippen molar-refractivity contribution in [1.29, 1.82) is 5.26 Å². The average molecular weight is 527 g/mol. The van der Waals surface area contributed by atoms with Crippen LogP contribution < -0.4 is 14.5 Å². The van der Waals surface area contributed by atoms with E-state index in [0.717, 1.165) is 29.0 Å². The van der Waals surface area contributed by atoms with E-state index in [-0.39, 0.29) is 11.9 Å². The summed E-state index contributed by atoms with van der Waals surface area (Å²) >= 11 is 0. The number of likely N-dealkylation sites (N-methyl/N-ethyl adjacent to an activating group) is 1. The molecule has 0 aliphatic carbocycles. The highest BCUT2D eigenvalue weighted by molar-refractivity contribution is 5.84. The lowest BCUT2D eigenvalue weighted by Crippen LogP contribution is -2.47. The Balaban J connectivity index is 1.63. The van der Waals surface area contributed by atoms with Crippen LogP contribution >= 0.6 is 0 Å². The van der Waals surface area contributed by atoms with Gasteiger partial charge in [0.2, 0.25) is 0 Å². The summed E-state index contributed by atoms with van der Waals surface area (Å²) in [6.45, 7) is 2.74. The number of pyridine rings is 1. The molecule has 0 spiro atoms. The zero-order valence-corrected chi connectivity index (χ0v) is 22.3. The number of ether oxygens (including phenoxy) is 2. The monoisotopic (exact) mass is 526 g/mol. The van der Waals surface area contributed by atoms with E-state index in [1.165, 1.54) is 13.2 Å². The van der Waals surface area contributed by atoms with Gasteiger partial charge in [-0.15, -0.1) is 0 Å². The first-order valence-corrected chi connectivity index (χ1v) is 12.8. The largest absolute Gasteiger partial charge is 0.496 e. The van der Waals surface area contributed by atoms with Gasteiger partial charge >= 0.3 is 0 Å². The molecule has 0 saturated carbocycles. The summed E-state index contributed by atoms with van der Waals surface area (Å²) in [4.78, 5) is 15.3. The summed E-state index contributed by atoms with van der Waals surface area (Å²) < 4.78 is 26.8. The average Bonchev–Trinajstić information content (AvgIpc) is 2.96. The Morgan fingerprint density at radius 3 is 2.87 bits per heavy atom. The van der Waals surface area contributed by atoms with Gasteiger partial charge in [0.25, 0.3) is 0 Å². The van der Waals surface area contributed by atoms with Crippen molar-refractivity contribution in [2.75, 3.05) is 57.2 Å². The molecule has 2 aromatic carbocycles. The third kappa shape index (κ3) is 5.48. The van der Waals surface area contributed by atoms with Gasteiger partial charge in [0.15, 0.2) is 6.17 Å². The van der Waals surface area contributed by atoms with Gasteiger partial charge in [-0.25, -0.2) is 4.39 Å². The third-order valence-corrected chi connectivity index (χ3v) is 6.87. The molecular weight excluding hydrogens is 495 g/mol. The molecule has 3 heterocycles. The summed E-state index contributed by atoms with van der Waals surface area (Å²) in [5, 5.41) is 9.72.